The van der Waals surface area contributed by atoms with Crippen molar-refractivity contribution in [1.29, 1.82) is 0 Å². The Labute approximate surface area is 128 Å². The first-order chi connectivity index (χ1) is 10.6. The van der Waals surface area contributed by atoms with Crippen molar-refractivity contribution in [3.63, 3.8) is 0 Å². The number of nitrogens with one attached hydrogen (secondary N) is 1. The molecule has 0 saturated carbocycles. The van der Waals surface area contributed by atoms with Crippen molar-refractivity contribution >= 4 is 23.2 Å². The smallest absolute Gasteiger partial charge is 0.256 e. The molecule has 5 nitrogen and oxygen atoms in total. The first-order valence-electron chi connectivity index (χ1n) is 7.03. The Morgan fingerprint density at radius 1 is 1.27 bits per heavy atom. The molecule has 1 aromatic carbocycles. The maximum atomic E-state index is 12.2. The Morgan fingerprint density at radius 2 is 2.09 bits per heavy atom. The molecule has 0 saturated heterocycles. The van der Waals surface area contributed by atoms with E-state index in [4.69, 9.17) is 0 Å². The molecule has 0 unspecified atom stereocenters. The van der Waals surface area contributed by atoms with Gasteiger partial charge in [0.25, 0.3) is 5.91 Å². The van der Waals surface area contributed by atoms with Crippen LogP contribution in [0.3, 0.4) is 0 Å². The van der Waals surface area contributed by atoms with E-state index < -0.39 is 0 Å². The molecule has 0 spiro atoms. The minimum Gasteiger partial charge on any atom is -0.506 e. The molecule has 1 aromatic heterocycles. The summed E-state index contributed by atoms with van der Waals surface area (Å²) in [5, 5.41) is 21.9. The molecule has 0 atom stereocenters. The quantitative estimate of drug-likeness (QED) is 0.758. The number of anilines is 1. The van der Waals surface area contributed by atoms with Crippen molar-refractivity contribution in [2.24, 2.45) is 0 Å². The summed E-state index contributed by atoms with van der Waals surface area (Å²) in [5.74, 6) is -0.206. The second-order valence-electron chi connectivity index (χ2n) is 5.18. The molecule has 0 bridgehead atoms. The predicted molar refractivity (Wildman–Crippen MR) is 84.4 cm³/mol. The van der Waals surface area contributed by atoms with Gasteiger partial charge in [-0.05, 0) is 43.2 Å². The van der Waals surface area contributed by atoms with Gasteiger partial charge in [0.1, 0.15) is 11.4 Å². The van der Waals surface area contributed by atoms with Crippen LogP contribution in [-0.2, 0) is 11.2 Å². The summed E-state index contributed by atoms with van der Waals surface area (Å²) in [7, 11) is 0. The molecule has 22 heavy (non-hydrogen) atoms. The summed E-state index contributed by atoms with van der Waals surface area (Å²) in [6.07, 6.45) is 2.05. The molecule has 3 N–H and O–H groups in total. The second-order valence-corrected chi connectivity index (χ2v) is 5.18. The van der Waals surface area contributed by atoms with Gasteiger partial charge in [-0.1, -0.05) is 12.1 Å². The van der Waals surface area contributed by atoms with Crippen molar-refractivity contribution in [2.75, 3.05) is 11.9 Å². The molecule has 112 valence electrons. The Hall–Kier alpha value is -2.66. The van der Waals surface area contributed by atoms with Gasteiger partial charge in [0, 0.05) is 23.6 Å². The van der Waals surface area contributed by atoms with E-state index in [1.165, 1.54) is 0 Å². The van der Waals surface area contributed by atoms with Crippen LogP contribution in [0, 0.1) is 6.92 Å². The van der Waals surface area contributed by atoms with E-state index in [-0.39, 0.29) is 18.3 Å². The first-order valence-corrected chi connectivity index (χ1v) is 7.03. The number of aromatic hydroxyl groups is 1. The SMILES string of the molecule is Cc1ccc(O)c(/C=C2\C(=O)Nc3cccc(CCO)c32)n1. The minimum atomic E-state index is -0.233. The lowest BCUT2D eigenvalue weighted by molar-refractivity contribution is -0.110. The normalized spacial score (nSPS) is 15.0. The van der Waals surface area contributed by atoms with Crippen molar-refractivity contribution in [2.45, 2.75) is 13.3 Å². The van der Waals surface area contributed by atoms with Crippen LogP contribution in [0.4, 0.5) is 5.69 Å². The van der Waals surface area contributed by atoms with Crippen molar-refractivity contribution in [1.82, 2.24) is 4.98 Å². The fourth-order valence-corrected chi connectivity index (χ4v) is 2.60. The number of fused-ring (bicyclic) bond motifs is 1. The topological polar surface area (TPSA) is 82.5 Å². The molecule has 5 heteroatoms. The maximum Gasteiger partial charge on any atom is 0.256 e. The molecule has 2 heterocycles. The van der Waals surface area contributed by atoms with Crippen molar-refractivity contribution in [3.8, 4) is 5.75 Å². The number of pyridine rings is 1. The highest BCUT2D eigenvalue weighted by Gasteiger charge is 2.26. The highest BCUT2D eigenvalue weighted by atomic mass is 16.3. The van der Waals surface area contributed by atoms with Crippen LogP contribution in [0.5, 0.6) is 5.75 Å². The molecule has 1 aliphatic heterocycles. The summed E-state index contributed by atoms with van der Waals surface area (Å²) in [6.45, 7) is 1.83. The molecule has 1 aliphatic rings. The van der Waals surface area contributed by atoms with Crippen LogP contribution in [0.1, 0.15) is 22.5 Å². The van der Waals surface area contributed by atoms with Crippen molar-refractivity contribution < 1.29 is 15.0 Å². The molecule has 1 amide bonds. The van der Waals surface area contributed by atoms with Crippen LogP contribution in [0.15, 0.2) is 30.3 Å². The number of nitrogens with zero attached hydrogens (tertiary/aromatic N) is 1. The van der Waals surface area contributed by atoms with Gasteiger partial charge in [0.2, 0.25) is 0 Å². The number of hydrogen-bond acceptors (Lipinski definition) is 4. The third kappa shape index (κ3) is 2.46. The minimum absolute atomic E-state index is 0.00582. The summed E-state index contributed by atoms with van der Waals surface area (Å²) in [5.41, 5.74) is 3.94. The summed E-state index contributed by atoms with van der Waals surface area (Å²) >= 11 is 0. The van der Waals surface area contributed by atoms with Gasteiger partial charge < -0.3 is 15.5 Å². The third-order valence-corrected chi connectivity index (χ3v) is 3.62. The summed E-state index contributed by atoms with van der Waals surface area (Å²) in [4.78, 5) is 16.5. The maximum absolute atomic E-state index is 12.2. The largest absolute Gasteiger partial charge is 0.506 e. The van der Waals surface area contributed by atoms with Crippen LogP contribution < -0.4 is 5.32 Å². The molecule has 0 fully saturated rings. The van der Waals surface area contributed by atoms with Gasteiger partial charge >= 0.3 is 0 Å². The fourth-order valence-electron chi connectivity index (χ4n) is 2.60. The van der Waals surface area contributed by atoms with Gasteiger partial charge in [-0.15, -0.1) is 0 Å². The Morgan fingerprint density at radius 3 is 2.86 bits per heavy atom. The van der Waals surface area contributed by atoms with Gasteiger partial charge in [-0.2, -0.15) is 0 Å². The molecule has 0 radical (unpaired) electrons. The van der Waals surface area contributed by atoms with Crippen molar-refractivity contribution in [3.05, 3.63) is 52.8 Å². The van der Waals surface area contributed by atoms with Crippen LogP contribution in [-0.4, -0.2) is 27.7 Å². The Bertz CT molecular complexity index is 781. The van der Waals surface area contributed by atoms with Gasteiger partial charge in [-0.3, -0.25) is 4.79 Å². The molecule has 0 aliphatic carbocycles. The molecular weight excluding hydrogens is 280 g/mol. The lowest BCUT2D eigenvalue weighted by Crippen LogP contribution is -2.04. The van der Waals surface area contributed by atoms with Crippen LogP contribution >= 0.6 is 0 Å². The number of hydrogen-bond donors (Lipinski definition) is 3. The van der Waals surface area contributed by atoms with E-state index in [0.29, 0.717) is 23.4 Å². The van der Waals surface area contributed by atoms with Crippen LogP contribution in [0.25, 0.3) is 11.6 Å². The van der Waals surface area contributed by atoms with E-state index in [0.717, 1.165) is 16.8 Å². The fraction of sp³-hybridized carbons (Fsp3) is 0.176. The number of aliphatic hydroxyl groups is 1. The first kappa shape index (κ1) is 14.3. The van der Waals surface area contributed by atoms with E-state index in [1.807, 2.05) is 25.1 Å². The Kier molecular flexibility index (Phi) is 3.65. The highest BCUT2D eigenvalue weighted by Crippen LogP contribution is 2.36. The molecule has 2 aromatic rings. The monoisotopic (exact) mass is 296 g/mol. The molecular formula is C17H16N2O3. The van der Waals surface area contributed by atoms with E-state index in [1.54, 1.807) is 18.2 Å². The lowest BCUT2D eigenvalue weighted by Gasteiger charge is -2.07. The zero-order valence-electron chi connectivity index (χ0n) is 12.1. The number of rotatable bonds is 3. The summed E-state index contributed by atoms with van der Waals surface area (Å²) in [6, 6.07) is 8.81. The number of aliphatic hydroxyl groups excluding tert-OH is 1. The van der Waals surface area contributed by atoms with Gasteiger partial charge in [0.05, 0.1) is 5.57 Å². The van der Waals surface area contributed by atoms with Gasteiger partial charge in [-0.25, -0.2) is 4.98 Å². The zero-order valence-corrected chi connectivity index (χ0v) is 12.1. The third-order valence-electron chi connectivity index (χ3n) is 3.62. The number of carbonyl (C=O) groups excluding carboxylic acids is 1. The predicted octanol–water partition coefficient (Wildman–Crippen LogP) is 2.12. The zero-order chi connectivity index (χ0) is 15.7. The van der Waals surface area contributed by atoms with E-state index in [9.17, 15) is 15.0 Å². The number of carbonyl (C=O) groups is 1. The van der Waals surface area contributed by atoms with Crippen LogP contribution in [0.2, 0.25) is 0 Å². The lowest BCUT2D eigenvalue weighted by atomic mass is 9.97. The average molecular weight is 296 g/mol. The number of amides is 1. The summed E-state index contributed by atoms with van der Waals surface area (Å²) < 4.78 is 0. The standard InChI is InChI=1S/C17H16N2O3/c1-10-5-6-15(21)14(18-10)9-12-16-11(7-8-20)3-2-4-13(16)19-17(12)22/h2-6,9,20-21H,7-8H2,1H3,(H,19,22)/b12-9-. The highest BCUT2D eigenvalue weighted by molar-refractivity contribution is 6.35. The number of aromatic nitrogens is 1. The van der Waals surface area contributed by atoms with Gasteiger partial charge in [0.15, 0.2) is 0 Å². The number of benzene rings is 1. The Balaban J connectivity index is 2.15. The second kappa shape index (κ2) is 5.61. The average Bonchev–Trinajstić information content (AvgIpc) is 2.80. The van der Waals surface area contributed by atoms with E-state index >= 15 is 0 Å². The van der Waals surface area contributed by atoms with E-state index in [2.05, 4.69) is 10.3 Å². The molecule has 3 rings (SSSR count). The number of aryl methyl sites for hydroxylation is 1.